The molecule has 0 unspecified atom stereocenters. The van der Waals surface area contributed by atoms with Crippen LogP contribution >= 0.6 is 0 Å². The highest BCUT2D eigenvalue weighted by atomic mass is 16.5. The van der Waals surface area contributed by atoms with Crippen LogP contribution in [0.3, 0.4) is 0 Å². The summed E-state index contributed by atoms with van der Waals surface area (Å²) in [5.41, 5.74) is 1.38. The number of anilines is 1. The number of imide groups is 1. The van der Waals surface area contributed by atoms with Crippen molar-refractivity contribution in [3.8, 4) is 5.75 Å². The molecule has 0 saturated carbocycles. The van der Waals surface area contributed by atoms with Crippen LogP contribution in [0.4, 0.5) is 5.69 Å². The molecule has 1 aliphatic heterocycles. The summed E-state index contributed by atoms with van der Waals surface area (Å²) in [6.45, 7) is 0.211. The molecule has 1 heterocycles. The van der Waals surface area contributed by atoms with E-state index in [9.17, 15) is 19.2 Å². The molecule has 3 amide bonds. The van der Waals surface area contributed by atoms with Gasteiger partial charge in [0.15, 0.2) is 0 Å². The summed E-state index contributed by atoms with van der Waals surface area (Å²) in [6.07, 6.45) is -0.221. The second kappa shape index (κ2) is 9.88. The van der Waals surface area contributed by atoms with Crippen molar-refractivity contribution in [3.05, 3.63) is 60.2 Å². The van der Waals surface area contributed by atoms with E-state index in [1.807, 2.05) is 30.3 Å². The number of carboxylic acids is 1. The minimum atomic E-state index is -1.09. The van der Waals surface area contributed by atoms with Gasteiger partial charge in [0.2, 0.25) is 11.8 Å². The number of methoxy groups -OCH3 is 1. The highest BCUT2D eigenvalue weighted by Crippen LogP contribution is 2.28. The number of hydrogen-bond donors (Lipinski definition) is 1. The van der Waals surface area contributed by atoms with Gasteiger partial charge in [-0.25, -0.2) is 4.90 Å². The fourth-order valence-electron chi connectivity index (χ4n) is 3.57. The van der Waals surface area contributed by atoms with Crippen molar-refractivity contribution >= 4 is 29.4 Å². The number of benzene rings is 2. The molecule has 0 aromatic heterocycles. The number of rotatable bonds is 9. The molecular weight excluding hydrogens is 400 g/mol. The number of nitrogens with zero attached hydrogens (tertiary/aromatic N) is 2. The summed E-state index contributed by atoms with van der Waals surface area (Å²) in [4.78, 5) is 51.9. The van der Waals surface area contributed by atoms with E-state index < -0.39 is 29.7 Å². The van der Waals surface area contributed by atoms with Crippen LogP contribution in [-0.4, -0.2) is 53.4 Å². The molecule has 162 valence electrons. The van der Waals surface area contributed by atoms with Gasteiger partial charge in [-0.1, -0.05) is 30.3 Å². The molecule has 0 aliphatic carbocycles. The summed E-state index contributed by atoms with van der Waals surface area (Å²) in [5.74, 6) is -1.86. The van der Waals surface area contributed by atoms with Gasteiger partial charge >= 0.3 is 5.97 Å². The van der Waals surface area contributed by atoms with Crippen molar-refractivity contribution in [3.63, 3.8) is 0 Å². The number of carboxylic acid groups (broad SMARTS) is 1. The summed E-state index contributed by atoms with van der Waals surface area (Å²) in [5, 5.41) is 8.93. The zero-order chi connectivity index (χ0) is 22.4. The van der Waals surface area contributed by atoms with E-state index in [0.717, 1.165) is 10.5 Å². The molecule has 1 saturated heterocycles. The molecule has 1 atom stereocenters. The van der Waals surface area contributed by atoms with Gasteiger partial charge in [0.25, 0.3) is 5.91 Å². The van der Waals surface area contributed by atoms with E-state index >= 15 is 0 Å². The molecule has 8 nitrogen and oxygen atoms in total. The number of amides is 3. The molecule has 0 radical (unpaired) electrons. The fourth-order valence-corrected chi connectivity index (χ4v) is 3.57. The zero-order valence-corrected chi connectivity index (χ0v) is 17.2. The maximum Gasteiger partial charge on any atom is 0.303 e. The predicted molar refractivity (Wildman–Crippen MR) is 113 cm³/mol. The Kier molecular flexibility index (Phi) is 7.02. The quantitative estimate of drug-likeness (QED) is 0.619. The van der Waals surface area contributed by atoms with Crippen molar-refractivity contribution < 1.29 is 29.0 Å². The van der Waals surface area contributed by atoms with Crippen LogP contribution in [0.1, 0.15) is 24.8 Å². The monoisotopic (exact) mass is 424 g/mol. The van der Waals surface area contributed by atoms with Gasteiger partial charge in [-0.2, -0.15) is 0 Å². The summed E-state index contributed by atoms with van der Waals surface area (Å²) in [7, 11) is 1.52. The Balaban J connectivity index is 1.81. The van der Waals surface area contributed by atoms with Crippen molar-refractivity contribution in [2.45, 2.75) is 31.7 Å². The smallest absolute Gasteiger partial charge is 0.303 e. The van der Waals surface area contributed by atoms with E-state index in [-0.39, 0.29) is 25.8 Å². The molecule has 2 aromatic carbocycles. The first-order chi connectivity index (χ1) is 14.9. The number of hydrogen-bond acceptors (Lipinski definition) is 5. The number of ether oxygens (including phenoxy) is 1. The van der Waals surface area contributed by atoms with E-state index in [1.165, 1.54) is 12.0 Å². The van der Waals surface area contributed by atoms with Gasteiger partial charge < -0.3 is 14.7 Å². The molecule has 0 spiro atoms. The van der Waals surface area contributed by atoms with Crippen molar-refractivity contribution in [1.82, 2.24) is 4.90 Å². The molecule has 1 aliphatic rings. The van der Waals surface area contributed by atoms with Crippen LogP contribution in [0.5, 0.6) is 5.75 Å². The summed E-state index contributed by atoms with van der Waals surface area (Å²) < 4.78 is 5.11. The van der Waals surface area contributed by atoms with Crippen LogP contribution in [0.2, 0.25) is 0 Å². The fraction of sp³-hybridized carbons (Fsp3) is 0.304. The first kappa shape index (κ1) is 22.0. The lowest BCUT2D eigenvalue weighted by Crippen LogP contribution is -2.46. The largest absolute Gasteiger partial charge is 0.497 e. The average molecular weight is 424 g/mol. The Labute approximate surface area is 180 Å². The average Bonchev–Trinajstić information content (AvgIpc) is 3.07. The highest BCUT2D eigenvalue weighted by Gasteiger charge is 2.44. The molecule has 31 heavy (non-hydrogen) atoms. The third-order valence-corrected chi connectivity index (χ3v) is 5.19. The minimum absolute atomic E-state index is 0.140. The highest BCUT2D eigenvalue weighted by molar-refractivity contribution is 6.23. The number of carbonyl (C=O) groups is 4. The van der Waals surface area contributed by atoms with Gasteiger partial charge in [-0.05, 0) is 36.2 Å². The molecule has 0 bridgehead atoms. The van der Waals surface area contributed by atoms with Crippen LogP contribution in [0.25, 0.3) is 0 Å². The van der Waals surface area contributed by atoms with Gasteiger partial charge in [-0.3, -0.25) is 19.2 Å². The standard InChI is InChI=1S/C23H24N2O6/c1-31-18-9-7-17(8-10-18)25-21(27)15-19(23(25)30)24(20(26)11-12-22(28)29)14-13-16-5-3-2-4-6-16/h2-10,19H,11-15H2,1H3,(H,28,29)/t19-/m0/s1. The van der Waals surface area contributed by atoms with E-state index in [0.29, 0.717) is 17.9 Å². The number of aliphatic carboxylic acids is 1. The Bertz CT molecular complexity index is 958. The lowest BCUT2D eigenvalue weighted by molar-refractivity contribution is -0.143. The first-order valence-corrected chi connectivity index (χ1v) is 9.96. The number of carbonyl (C=O) groups excluding carboxylic acids is 3. The minimum Gasteiger partial charge on any atom is -0.497 e. The third-order valence-electron chi connectivity index (χ3n) is 5.19. The maximum atomic E-state index is 13.1. The third kappa shape index (κ3) is 5.28. The molecule has 1 N–H and O–H groups in total. The molecule has 2 aromatic rings. The first-order valence-electron chi connectivity index (χ1n) is 9.96. The lowest BCUT2D eigenvalue weighted by atomic mass is 10.1. The Morgan fingerprint density at radius 2 is 1.74 bits per heavy atom. The second-order valence-corrected chi connectivity index (χ2v) is 7.20. The van der Waals surface area contributed by atoms with Gasteiger partial charge in [0.1, 0.15) is 11.8 Å². The van der Waals surface area contributed by atoms with E-state index in [2.05, 4.69) is 0 Å². The van der Waals surface area contributed by atoms with Crippen molar-refractivity contribution in [2.24, 2.45) is 0 Å². The predicted octanol–water partition coefficient (Wildman–Crippen LogP) is 2.26. The zero-order valence-electron chi connectivity index (χ0n) is 17.2. The normalized spacial score (nSPS) is 15.8. The van der Waals surface area contributed by atoms with Gasteiger partial charge in [-0.15, -0.1) is 0 Å². The topological polar surface area (TPSA) is 104 Å². The molecule has 8 heteroatoms. The van der Waals surface area contributed by atoms with Crippen LogP contribution in [0, 0.1) is 0 Å². The lowest BCUT2D eigenvalue weighted by Gasteiger charge is -2.27. The van der Waals surface area contributed by atoms with E-state index in [4.69, 9.17) is 9.84 Å². The Hall–Kier alpha value is -3.68. The van der Waals surface area contributed by atoms with Gasteiger partial charge in [0, 0.05) is 13.0 Å². The van der Waals surface area contributed by atoms with Crippen molar-refractivity contribution in [1.29, 1.82) is 0 Å². The van der Waals surface area contributed by atoms with Crippen LogP contribution < -0.4 is 9.64 Å². The van der Waals surface area contributed by atoms with Crippen LogP contribution in [0.15, 0.2) is 54.6 Å². The van der Waals surface area contributed by atoms with Crippen LogP contribution in [-0.2, 0) is 25.6 Å². The Morgan fingerprint density at radius 1 is 1.06 bits per heavy atom. The second-order valence-electron chi connectivity index (χ2n) is 7.20. The summed E-state index contributed by atoms with van der Waals surface area (Å²) in [6, 6.07) is 15.0. The van der Waals surface area contributed by atoms with Gasteiger partial charge in [0.05, 0.1) is 25.6 Å². The summed E-state index contributed by atoms with van der Waals surface area (Å²) >= 11 is 0. The SMILES string of the molecule is COc1ccc(N2C(=O)C[C@H](N(CCc3ccccc3)C(=O)CCC(=O)O)C2=O)cc1. The van der Waals surface area contributed by atoms with E-state index in [1.54, 1.807) is 24.3 Å². The molecule has 3 rings (SSSR count). The Morgan fingerprint density at radius 3 is 2.35 bits per heavy atom. The maximum absolute atomic E-state index is 13.1. The molecular formula is C23H24N2O6. The van der Waals surface area contributed by atoms with Crippen molar-refractivity contribution in [2.75, 3.05) is 18.6 Å². The molecule has 1 fully saturated rings.